The van der Waals surface area contributed by atoms with Crippen molar-refractivity contribution in [2.45, 2.75) is 44.6 Å². The third-order valence-corrected chi connectivity index (χ3v) is 5.13. The van der Waals surface area contributed by atoms with E-state index in [1.807, 2.05) is 6.07 Å². The molecule has 1 aromatic carbocycles. The molecular weight excluding hydrogens is 314 g/mol. The molecule has 0 amide bonds. The van der Waals surface area contributed by atoms with E-state index in [1.54, 1.807) is 0 Å². The van der Waals surface area contributed by atoms with Gasteiger partial charge in [-0.15, -0.1) is 0 Å². The van der Waals surface area contributed by atoms with Gasteiger partial charge in [-0.25, -0.2) is 0 Å². The Labute approximate surface area is 129 Å². The standard InChI is InChI=1S/C17H22BrNO/c1-19-16(12-7-4-2-3-5-8-12)15-11-13-9-6-10-14(18)17(13)20-15/h6,9-12,16,19H,2-5,7-8H2,1H3. The minimum atomic E-state index is 0.340. The van der Waals surface area contributed by atoms with E-state index in [0.717, 1.165) is 15.8 Å². The molecule has 1 fully saturated rings. The van der Waals surface area contributed by atoms with E-state index in [2.05, 4.69) is 46.5 Å². The Morgan fingerprint density at radius 1 is 1.20 bits per heavy atom. The van der Waals surface area contributed by atoms with Crippen LogP contribution in [-0.2, 0) is 0 Å². The van der Waals surface area contributed by atoms with E-state index >= 15 is 0 Å². The van der Waals surface area contributed by atoms with Crippen molar-refractivity contribution in [2.75, 3.05) is 7.05 Å². The van der Waals surface area contributed by atoms with Crippen LogP contribution in [0.15, 0.2) is 33.2 Å². The van der Waals surface area contributed by atoms with Gasteiger partial charge in [0.05, 0.1) is 10.5 Å². The van der Waals surface area contributed by atoms with Crippen molar-refractivity contribution in [3.05, 3.63) is 34.5 Å². The molecule has 1 saturated carbocycles. The van der Waals surface area contributed by atoms with Crippen LogP contribution in [0, 0.1) is 5.92 Å². The number of hydrogen-bond acceptors (Lipinski definition) is 2. The lowest BCUT2D eigenvalue weighted by atomic mass is 9.90. The highest BCUT2D eigenvalue weighted by Crippen LogP contribution is 2.37. The molecule has 0 aliphatic heterocycles. The number of furan rings is 1. The normalized spacial score (nSPS) is 19.1. The summed E-state index contributed by atoms with van der Waals surface area (Å²) in [6, 6.07) is 8.76. The molecule has 0 bridgehead atoms. The number of para-hydroxylation sites is 1. The number of nitrogens with one attached hydrogen (secondary N) is 1. The monoisotopic (exact) mass is 335 g/mol. The Balaban J connectivity index is 1.92. The van der Waals surface area contributed by atoms with Crippen LogP contribution in [0.1, 0.15) is 50.3 Å². The Morgan fingerprint density at radius 3 is 2.60 bits per heavy atom. The average molecular weight is 336 g/mol. The van der Waals surface area contributed by atoms with Gasteiger partial charge in [0.15, 0.2) is 0 Å². The first kappa shape index (κ1) is 14.2. The molecule has 1 N–H and O–H groups in total. The first-order valence-corrected chi connectivity index (χ1v) is 8.44. The molecule has 1 heterocycles. The van der Waals surface area contributed by atoms with E-state index in [9.17, 15) is 0 Å². The second-order valence-electron chi connectivity index (χ2n) is 5.82. The number of hydrogen-bond donors (Lipinski definition) is 1. The Kier molecular flexibility index (Phi) is 4.47. The smallest absolute Gasteiger partial charge is 0.148 e. The summed E-state index contributed by atoms with van der Waals surface area (Å²) in [6.07, 6.45) is 8.10. The predicted octanol–water partition coefficient (Wildman–Crippen LogP) is 5.43. The summed E-state index contributed by atoms with van der Waals surface area (Å²) in [5, 5.41) is 4.67. The number of benzene rings is 1. The zero-order valence-corrected chi connectivity index (χ0v) is 13.6. The molecule has 2 nitrogen and oxygen atoms in total. The van der Waals surface area contributed by atoms with Crippen LogP contribution in [0.25, 0.3) is 11.0 Å². The number of halogens is 1. The van der Waals surface area contributed by atoms with Crippen molar-refractivity contribution in [2.24, 2.45) is 5.92 Å². The maximum absolute atomic E-state index is 6.14. The van der Waals surface area contributed by atoms with E-state index in [4.69, 9.17) is 4.42 Å². The van der Waals surface area contributed by atoms with Gasteiger partial charge >= 0.3 is 0 Å². The van der Waals surface area contributed by atoms with Crippen LogP contribution in [0.2, 0.25) is 0 Å². The van der Waals surface area contributed by atoms with Crippen LogP contribution >= 0.6 is 15.9 Å². The summed E-state index contributed by atoms with van der Waals surface area (Å²) in [7, 11) is 2.05. The van der Waals surface area contributed by atoms with Gasteiger partial charge in [0.1, 0.15) is 11.3 Å². The second kappa shape index (κ2) is 6.31. The first-order valence-electron chi connectivity index (χ1n) is 7.65. The molecule has 3 heteroatoms. The lowest BCUT2D eigenvalue weighted by molar-refractivity contribution is 0.302. The lowest BCUT2D eigenvalue weighted by Gasteiger charge is -2.23. The Bertz CT molecular complexity index is 569. The van der Waals surface area contributed by atoms with Crippen LogP contribution < -0.4 is 5.32 Å². The maximum Gasteiger partial charge on any atom is 0.148 e. The summed E-state index contributed by atoms with van der Waals surface area (Å²) in [5.74, 6) is 1.78. The van der Waals surface area contributed by atoms with Gasteiger partial charge < -0.3 is 9.73 Å². The van der Waals surface area contributed by atoms with Crippen LogP contribution in [0.3, 0.4) is 0 Å². The van der Waals surface area contributed by atoms with Crippen molar-refractivity contribution < 1.29 is 4.42 Å². The van der Waals surface area contributed by atoms with Gasteiger partial charge in [-0.05, 0) is 53.9 Å². The third-order valence-electron chi connectivity index (χ3n) is 4.50. The molecule has 1 aliphatic rings. The van der Waals surface area contributed by atoms with Crippen molar-refractivity contribution in [3.8, 4) is 0 Å². The second-order valence-corrected chi connectivity index (χ2v) is 6.68. The van der Waals surface area contributed by atoms with E-state index in [0.29, 0.717) is 12.0 Å². The first-order chi connectivity index (χ1) is 9.79. The number of fused-ring (bicyclic) bond motifs is 1. The predicted molar refractivity (Wildman–Crippen MR) is 86.9 cm³/mol. The van der Waals surface area contributed by atoms with Crippen molar-refractivity contribution in [1.29, 1.82) is 0 Å². The molecule has 1 aromatic heterocycles. The molecule has 0 saturated heterocycles. The van der Waals surface area contributed by atoms with Crippen molar-refractivity contribution in [3.63, 3.8) is 0 Å². The average Bonchev–Trinajstić information content (AvgIpc) is 2.70. The highest BCUT2D eigenvalue weighted by atomic mass is 79.9. The van der Waals surface area contributed by atoms with Crippen LogP contribution in [0.4, 0.5) is 0 Å². The fourth-order valence-electron chi connectivity index (χ4n) is 3.46. The summed E-state index contributed by atoms with van der Waals surface area (Å²) < 4.78 is 7.18. The van der Waals surface area contributed by atoms with Gasteiger partial charge in [-0.1, -0.05) is 37.8 Å². The summed E-state index contributed by atoms with van der Waals surface area (Å²) in [5.41, 5.74) is 0.969. The van der Waals surface area contributed by atoms with Crippen molar-refractivity contribution in [1.82, 2.24) is 5.32 Å². The molecule has 108 valence electrons. The van der Waals surface area contributed by atoms with E-state index in [-0.39, 0.29) is 0 Å². The molecule has 3 rings (SSSR count). The van der Waals surface area contributed by atoms with Gasteiger partial charge in [-0.3, -0.25) is 0 Å². The fraction of sp³-hybridized carbons (Fsp3) is 0.529. The maximum atomic E-state index is 6.14. The third kappa shape index (κ3) is 2.79. The highest BCUT2D eigenvalue weighted by molar-refractivity contribution is 9.10. The fourth-order valence-corrected chi connectivity index (χ4v) is 3.92. The molecule has 1 aliphatic carbocycles. The molecule has 0 spiro atoms. The summed E-state index contributed by atoms with van der Waals surface area (Å²) in [6.45, 7) is 0. The zero-order chi connectivity index (χ0) is 13.9. The van der Waals surface area contributed by atoms with Gasteiger partial charge in [0, 0.05) is 5.39 Å². The van der Waals surface area contributed by atoms with Gasteiger partial charge in [0.2, 0.25) is 0 Å². The van der Waals surface area contributed by atoms with Gasteiger partial charge in [-0.2, -0.15) is 0 Å². The molecular formula is C17H22BrNO. The SMILES string of the molecule is CNC(c1cc2cccc(Br)c2o1)C1CCCCCC1. The van der Waals surface area contributed by atoms with Crippen LogP contribution in [0.5, 0.6) is 0 Å². The molecule has 0 radical (unpaired) electrons. The zero-order valence-electron chi connectivity index (χ0n) is 12.0. The Morgan fingerprint density at radius 2 is 1.95 bits per heavy atom. The number of rotatable bonds is 3. The largest absolute Gasteiger partial charge is 0.458 e. The minimum Gasteiger partial charge on any atom is -0.458 e. The van der Waals surface area contributed by atoms with E-state index < -0.39 is 0 Å². The van der Waals surface area contributed by atoms with E-state index in [1.165, 1.54) is 43.9 Å². The highest BCUT2D eigenvalue weighted by Gasteiger charge is 2.25. The topological polar surface area (TPSA) is 25.2 Å². The van der Waals surface area contributed by atoms with Crippen molar-refractivity contribution >= 4 is 26.9 Å². The van der Waals surface area contributed by atoms with Gasteiger partial charge in [0.25, 0.3) is 0 Å². The molecule has 2 aromatic rings. The molecule has 1 atom stereocenters. The van der Waals surface area contributed by atoms with Crippen LogP contribution in [-0.4, -0.2) is 7.05 Å². The molecule has 1 unspecified atom stereocenters. The lowest BCUT2D eigenvalue weighted by Crippen LogP contribution is -2.24. The molecule has 20 heavy (non-hydrogen) atoms. The minimum absolute atomic E-state index is 0.340. The quantitative estimate of drug-likeness (QED) is 0.757. The summed E-state index contributed by atoms with van der Waals surface area (Å²) >= 11 is 3.58. The Hall–Kier alpha value is -0.800. The summed E-state index contributed by atoms with van der Waals surface area (Å²) in [4.78, 5) is 0.